The van der Waals surface area contributed by atoms with Gasteiger partial charge >= 0.3 is 5.97 Å². The third-order valence-electron chi connectivity index (χ3n) is 2.62. The van der Waals surface area contributed by atoms with Gasteiger partial charge < -0.3 is 5.11 Å². The molecular formula is C13H11ClO2S. The first-order chi connectivity index (χ1) is 7.99. The number of carbonyl (C=O) groups is 1. The van der Waals surface area contributed by atoms with Crippen molar-refractivity contribution in [2.45, 2.75) is 13.8 Å². The molecule has 1 N–H and O–H groups in total. The zero-order chi connectivity index (χ0) is 12.6. The van der Waals surface area contributed by atoms with Crippen molar-refractivity contribution in [1.29, 1.82) is 0 Å². The van der Waals surface area contributed by atoms with E-state index in [-0.39, 0.29) is 0 Å². The molecule has 0 aliphatic rings. The molecule has 0 radical (unpaired) electrons. The van der Waals surface area contributed by atoms with Crippen LogP contribution in [0.25, 0.3) is 16.2 Å². The molecule has 0 saturated heterocycles. The van der Waals surface area contributed by atoms with Crippen LogP contribution in [-0.2, 0) is 4.79 Å². The molecule has 17 heavy (non-hydrogen) atoms. The highest BCUT2D eigenvalue weighted by Gasteiger charge is 2.09. The number of halogens is 1. The van der Waals surface area contributed by atoms with E-state index in [0.717, 1.165) is 20.5 Å². The monoisotopic (exact) mass is 266 g/mol. The maximum absolute atomic E-state index is 10.8. The average molecular weight is 267 g/mol. The van der Waals surface area contributed by atoms with Crippen LogP contribution in [0, 0.1) is 6.92 Å². The standard InChI is InChI=1S/C13H11ClO2S/c1-7(13(15)16)5-12-8(2)10-6-9(14)3-4-11(10)17-12/h3-6H,1-2H3,(H,15,16)/b7-5+. The number of hydrogen-bond donors (Lipinski definition) is 1. The van der Waals surface area contributed by atoms with Crippen molar-refractivity contribution < 1.29 is 9.90 Å². The summed E-state index contributed by atoms with van der Waals surface area (Å²) in [4.78, 5) is 11.8. The first kappa shape index (κ1) is 12.1. The topological polar surface area (TPSA) is 37.3 Å². The van der Waals surface area contributed by atoms with Crippen LogP contribution in [0.5, 0.6) is 0 Å². The Morgan fingerprint density at radius 2 is 2.18 bits per heavy atom. The van der Waals surface area contributed by atoms with Gasteiger partial charge in [-0.15, -0.1) is 11.3 Å². The minimum atomic E-state index is -0.889. The lowest BCUT2D eigenvalue weighted by Crippen LogP contribution is -1.95. The number of thiophene rings is 1. The fourth-order valence-corrected chi connectivity index (χ4v) is 2.97. The maximum Gasteiger partial charge on any atom is 0.331 e. The number of carboxylic acids is 1. The van der Waals surface area contributed by atoms with Crippen molar-refractivity contribution in [3.63, 3.8) is 0 Å². The zero-order valence-corrected chi connectivity index (χ0v) is 11.0. The minimum absolute atomic E-state index is 0.339. The third kappa shape index (κ3) is 2.35. The molecule has 0 unspecified atom stereocenters. The zero-order valence-electron chi connectivity index (χ0n) is 9.45. The Bertz CT molecular complexity index is 626. The van der Waals surface area contributed by atoms with E-state index in [1.54, 1.807) is 24.3 Å². The van der Waals surface area contributed by atoms with Gasteiger partial charge in [-0.05, 0) is 49.1 Å². The highest BCUT2D eigenvalue weighted by molar-refractivity contribution is 7.20. The van der Waals surface area contributed by atoms with Gasteiger partial charge in [0.2, 0.25) is 0 Å². The Labute approximate surface area is 108 Å². The minimum Gasteiger partial charge on any atom is -0.478 e. The second-order valence-corrected chi connectivity index (χ2v) is 5.38. The van der Waals surface area contributed by atoms with Gasteiger partial charge in [-0.25, -0.2) is 4.79 Å². The SMILES string of the molecule is C/C(=C\c1sc2ccc(Cl)cc2c1C)C(=O)O. The normalized spacial score (nSPS) is 12.1. The van der Waals surface area contributed by atoms with Crippen LogP contribution in [0.1, 0.15) is 17.4 Å². The first-order valence-corrected chi connectivity index (χ1v) is 6.28. The summed E-state index contributed by atoms with van der Waals surface area (Å²) >= 11 is 7.53. The van der Waals surface area contributed by atoms with E-state index in [2.05, 4.69) is 0 Å². The predicted molar refractivity (Wildman–Crippen MR) is 72.9 cm³/mol. The number of aryl methyl sites for hydroxylation is 1. The van der Waals surface area contributed by atoms with Crippen molar-refractivity contribution >= 4 is 45.1 Å². The van der Waals surface area contributed by atoms with Crippen molar-refractivity contribution in [2.24, 2.45) is 0 Å². The van der Waals surface area contributed by atoms with Crippen LogP contribution in [0.4, 0.5) is 0 Å². The Morgan fingerprint density at radius 3 is 2.82 bits per heavy atom. The molecule has 0 aliphatic carbocycles. The summed E-state index contributed by atoms with van der Waals surface area (Å²) in [7, 11) is 0. The molecule has 2 aromatic rings. The highest BCUT2D eigenvalue weighted by Crippen LogP contribution is 2.33. The number of carboxylic acid groups (broad SMARTS) is 1. The molecule has 1 aromatic carbocycles. The van der Waals surface area contributed by atoms with E-state index in [1.165, 1.54) is 0 Å². The Kier molecular flexibility index (Phi) is 3.22. The van der Waals surface area contributed by atoms with Gasteiger partial charge in [-0.1, -0.05) is 11.6 Å². The summed E-state index contributed by atoms with van der Waals surface area (Å²) in [5, 5.41) is 10.7. The van der Waals surface area contributed by atoms with E-state index in [9.17, 15) is 4.79 Å². The summed E-state index contributed by atoms with van der Waals surface area (Å²) in [6.45, 7) is 3.58. The summed E-state index contributed by atoms with van der Waals surface area (Å²) in [6.07, 6.45) is 1.70. The van der Waals surface area contributed by atoms with Crippen LogP contribution in [0.3, 0.4) is 0 Å². The fourth-order valence-electron chi connectivity index (χ4n) is 1.61. The van der Waals surface area contributed by atoms with E-state index < -0.39 is 5.97 Å². The van der Waals surface area contributed by atoms with Crippen molar-refractivity contribution in [3.8, 4) is 0 Å². The number of fused-ring (bicyclic) bond motifs is 1. The maximum atomic E-state index is 10.8. The molecule has 2 nitrogen and oxygen atoms in total. The summed E-state index contributed by atoms with van der Waals surface area (Å²) in [5.41, 5.74) is 1.42. The fraction of sp³-hybridized carbons (Fsp3) is 0.154. The van der Waals surface area contributed by atoms with Crippen LogP contribution >= 0.6 is 22.9 Å². The van der Waals surface area contributed by atoms with Gasteiger partial charge in [0.25, 0.3) is 0 Å². The summed E-state index contributed by atoms with van der Waals surface area (Å²) in [6, 6.07) is 5.72. The smallest absolute Gasteiger partial charge is 0.331 e. The lowest BCUT2D eigenvalue weighted by Gasteiger charge is -1.94. The summed E-state index contributed by atoms with van der Waals surface area (Å²) < 4.78 is 1.12. The molecule has 0 amide bonds. The van der Waals surface area contributed by atoms with Crippen LogP contribution in [0.15, 0.2) is 23.8 Å². The molecule has 0 spiro atoms. The lowest BCUT2D eigenvalue weighted by molar-refractivity contribution is -0.132. The molecule has 2 rings (SSSR count). The number of aliphatic carboxylic acids is 1. The average Bonchev–Trinajstić information content (AvgIpc) is 2.56. The molecule has 0 bridgehead atoms. The largest absolute Gasteiger partial charge is 0.478 e. The molecule has 0 atom stereocenters. The van der Waals surface area contributed by atoms with Gasteiger partial charge in [0, 0.05) is 20.2 Å². The second kappa shape index (κ2) is 4.51. The van der Waals surface area contributed by atoms with Gasteiger partial charge in [-0.3, -0.25) is 0 Å². The number of hydrogen-bond acceptors (Lipinski definition) is 2. The van der Waals surface area contributed by atoms with Gasteiger partial charge in [0.1, 0.15) is 0 Å². The lowest BCUT2D eigenvalue weighted by atomic mass is 10.1. The molecule has 88 valence electrons. The molecule has 1 aromatic heterocycles. The number of benzene rings is 1. The van der Waals surface area contributed by atoms with Gasteiger partial charge in [0.05, 0.1) is 0 Å². The molecule has 0 aliphatic heterocycles. The van der Waals surface area contributed by atoms with E-state index >= 15 is 0 Å². The second-order valence-electron chi connectivity index (χ2n) is 3.86. The van der Waals surface area contributed by atoms with Gasteiger partial charge in [-0.2, -0.15) is 0 Å². The molecular weight excluding hydrogens is 256 g/mol. The van der Waals surface area contributed by atoms with E-state index in [1.807, 2.05) is 25.1 Å². The Hall–Kier alpha value is -1.32. The van der Waals surface area contributed by atoms with E-state index in [0.29, 0.717) is 10.6 Å². The Balaban J connectivity index is 2.61. The Morgan fingerprint density at radius 1 is 1.47 bits per heavy atom. The highest BCUT2D eigenvalue weighted by atomic mass is 35.5. The first-order valence-electron chi connectivity index (χ1n) is 5.09. The van der Waals surface area contributed by atoms with Crippen LogP contribution < -0.4 is 0 Å². The molecule has 0 saturated carbocycles. The van der Waals surface area contributed by atoms with Crippen molar-refractivity contribution in [3.05, 3.63) is 39.2 Å². The van der Waals surface area contributed by atoms with Crippen molar-refractivity contribution in [2.75, 3.05) is 0 Å². The summed E-state index contributed by atoms with van der Waals surface area (Å²) in [5.74, 6) is -0.889. The quantitative estimate of drug-likeness (QED) is 0.821. The molecule has 0 fully saturated rings. The number of rotatable bonds is 2. The molecule has 1 heterocycles. The predicted octanol–water partition coefficient (Wildman–Crippen LogP) is 4.35. The van der Waals surface area contributed by atoms with Gasteiger partial charge in [0.15, 0.2) is 0 Å². The van der Waals surface area contributed by atoms with Crippen molar-refractivity contribution in [1.82, 2.24) is 0 Å². The molecule has 4 heteroatoms. The van der Waals surface area contributed by atoms with Crippen LogP contribution in [0.2, 0.25) is 5.02 Å². The van der Waals surface area contributed by atoms with Crippen LogP contribution in [-0.4, -0.2) is 11.1 Å². The third-order valence-corrected chi connectivity index (χ3v) is 4.08. The van der Waals surface area contributed by atoms with E-state index in [4.69, 9.17) is 16.7 Å².